The molecule has 2 rings (SSSR count). The highest BCUT2D eigenvalue weighted by Crippen LogP contribution is 2.24. The number of aliphatic imine (C=N–C) groups is 1. The van der Waals surface area contributed by atoms with Gasteiger partial charge in [0.2, 0.25) is 6.19 Å². The molecule has 0 amide bonds. The van der Waals surface area contributed by atoms with Gasteiger partial charge in [0.15, 0.2) is 9.63 Å². The van der Waals surface area contributed by atoms with Crippen molar-refractivity contribution in [3.8, 4) is 6.19 Å². The Balaban J connectivity index is 2.06. The van der Waals surface area contributed by atoms with Crippen LogP contribution in [-0.4, -0.2) is 27.3 Å². The lowest BCUT2D eigenvalue weighted by Gasteiger charge is -2.14. The summed E-state index contributed by atoms with van der Waals surface area (Å²) in [5.41, 5.74) is 0. The van der Waals surface area contributed by atoms with Crippen LogP contribution in [0.5, 0.6) is 0 Å². The van der Waals surface area contributed by atoms with E-state index in [1.54, 1.807) is 18.0 Å². The summed E-state index contributed by atoms with van der Waals surface area (Å²) in [6, 6.07) is 0. The Kier molecular flexibility index (Phi) is 3.46. The molecule has 1 aromatic heterocycles. The molecular formula is C8H7ClN4S2. The lowest BCUT2D eigenvalue weighted by molar-refractivity contribution is 0.461. The zero-order valence-corrected chi connectivity index (χ0v) is 10.1. The minimum atomic E-state index is 0.552. The third-order valence-corrected chi connectivity index (χ3v) is 3.97. The van der Waals surface area contributed by atoms with Crippen LogP contribution in [-0.2, 0) is 6.54 Å². The van der Waals surface area contributed by atoms with Gasteiger partial charge in [-0.25, -0.2) is 4.98 Å². The average Bonchev–Trinajstić information content (AvgIpc) is 2.78. The van der Waals surface area contributed by atoms with Crippen molar-refractivity contribution < 1.29 is 0 Å². The van der Waals surface area contributed by atoms with Crippen molar-refractivity contribution >= 4 is 39.9 Å². The second-order valence-electron chi connectivity index (χ2n) is 2.84. The Morgan fingerprint density at radius 1 is 1.73 bits per heavy atom. The van der Waals surface area contributed by atoms with E-state index in [4.69, 9.17) is 16.9 Å². The largest absolute Gasteiger partial charge is 0.345 e. The van der Waals surface area contributed by atoms with Crippen molar-refractivity contribution in [3.05, 3.63) is 15.5 Å². The number of aromatic nitrogens is 1. The Morgan fingerprint density at radius 2 is 2.60 bits per heavy atom. The van der Waals surface area contributed by atoms with Crippen LogP contribution < -0.4 is 0 Å². The van der Waals surface area contributed by atoms with Crippen molar-refractivity contribution in [2.24, 2.45) is 4.99 Å². The molecule has 4 nitrogen and oxygen atoms in total. The highest BCUT2D eigenvalue weighted by atomic mass is 35.5. The fraction of sp³-hybridized carbons (Fsp3) is 0.375. The van der Waals surface area contributed by atoms with Gasteiger partial charge in [-0.15, -0.1) is 16.3 Å². The first-order chi connectivity index (χ1) is 7.29. The Bertz CT molecular complexity index is 423. The summed E-state index contributed by atoms with van der Waals surface area (Å²) in [6.45, 7) is 1.65. The van der Waals surface area contributed by atoms with E-state index < -0.39 is 0 Å². The lowest BCUT2D eigenvalue weighted by atomic mass is 10.5. The highest BCUT2D eigenvalue weighted by Gasteiger charge is 2.20. The first kappa shape index (κ1) is 10.7. The van der Waals surface area contributed by atoms with Crippen molar-refractivity contribution in [1.29, 1.82) is 5.26 Å². The van der Waals surface area contributed by atoms with Crippen molar-refractivity contribution in [2.45, 2.75) is 6.54 Å². The van der Waals surface area contributed by atoms with E-state index in [1.807, 2.05) is 6.19 Å². The number of amidine groups is 1. The maximum absolute atomic E-state index is 8.51. The number of nitriles is 1. The predicted octanol–water partition coefficient (Wildman–Crippen LogP) is 2.18. The Hall–Kier alpha value is -0.770. The number of hydrogen-bond donors (Lipinski definition) is 0. The van der Waals surface area contributed by atoms with Crippen LogP contribution in [0, 0.1) is 11.5 Å². The number of rotatable bonds is 2. The summed E-state index contributed by atoms with van der Waals surface area (Å²) in [5, 5.41) is 9.30. The second kappa shape index (κ2) is 4.84. The minimum Gasteiger partial charge on any atom is -0.345 e. The van der Waals surface area contributed by atoms with Gasteiger partial charge in [0.05, 0.1) is 6.54 Å². The predicted molar refractivity (Wildman–Crippen MR) is 63.0 cm³/mol. The van der Waals surface area contributed by atoms with Crippen LogP contribution in [0.25, 0.3) is 0 Å². The fourth-order valence-corrected chi connectivity index (χ4v) is 3.20. The van der Waals surface area contributed by atoms with Gasteiger partial charge in [0, 0.05) is 23.4 Å². The number of thioether (sulfide) groups is 1. The topological polar surface area (TPSA) is 52.3 Å². The summed E-state index contributed by atoms with van der Waals surface area (Å²) < 4.78 is 0.552. The SMILES string of the molecule is N#CN=C1SCCN1Cc1cnc(Cl)s1. The monoisotopic (exact) mass is 258 g/mol. The maximum Gasteiger partial charge on any atom is 0.208 e. The molecule has 0 bridgehead atoms. The van der Waals surface area contributed by atoms with Crippen LogP contribution in [0.3, 0.4) is 0 Å². The Morgan fingerprint density at radius 3 is 3.27 bits per heavy atom. The van der Waals surface area contributed by atoms with E-state index in [9.17, 15) is 0 Å². The highest BCUT2D eigenvalue weighted by molar-refractivity contribution is 8.14. The molecule has 1 aliphatic heterocycles. The van der Waals surface area contributed by atoms with Crippen LogP contribution in [0.15, 0.2) is 11.2 Å². The molecule has 0 aliphatic carbocycles. The van der Waals surface area contributed by atoms with Gasteiger partial charge < -0.3 is 4.90 Å². The molecule has 0 N–H and O–H groups in total. The van der Waals surface area contributed by atoms with Gasteiger partial charge in [-0.1, -0.05) is 23.4 Å². The molecular weight excluding hydrogens is 252 g/mol. The van der Waals surface area contributed by atoms with Crippen LogP contribution >= 0.6 is 34.7 Å². The second-order valence-corrected chi connectivity index (χ2v) is 5.60. The maximum atomic E-state index is 8.51. The van der Waals surface area contributed by atoms with Crippen molar-refractivity contribution in [1.82, 2.24) is 9.88 Å². The average molecular weight is 259 g/mol. The van der Waals surface area contributed by atoms with E-state index >= 15 is 0 Å². The van der Waals surface area contributed by atoms with Crippen LogP contribution in [0.1, 0.15) is 4.88 Å². The summed E-state index contributed by atoms with van der Waals surface area (Å²) in [6.07, 6.45) is 3.58. The fourth-order valence-electron chi connectivity index (χ4n) is 1.27. The minimum absolute atomic E-state index is 0.552. The molecule has 0 atom stereocenters. The van der Waals surface area contributed by atoms with Gasteiger partial charge in [-0.3, -0.25) is 0 Å². The molecule has 0 spiro atoms. The van der Waals surface area contributed by atoms with Gasteiger partial charge in [-0.2, -0.15) is 5.26 Å². The van der Waals surface area contributed by atoms with Crippen LogP contribution in [0.2, 0.25) is 4.47 Å². The molecule has 78 valence electrons. The van der Waals surface area contributed by atoms with E-state index in [-0.39, 0.29) is 0 Å². The number of halogens is 1. The molecule has 2 heterocycles. The molecule has 0 unspecified atom stereocenters. The van der Waals surface area contributed by atoms with Gasteiger partial charge in [-0.05, 0) is 0 Å². The third kappa shape index (κ3) is 2.62. The molecule has 7 heteroatoms. The summed E-state index contributed by atoms with van der Waals surface area (Å²) >= 11 is 8.81. The van der Waals surface area contributed by atoms with Crippen LogP contribution in [0.4, 0.5) is 0 Å². The zero-order valence-electron chi connectivity index (χ0n) is 7.68. The van der Waals surface area contributed by atoms with E-state index in [0.717, 1.165) is 28.9 Å². The molecule has 15 heavy (non-hydrogen) atoms. The molecule has 0 saturated carbocycles. The summed E-state index contributed by atoms with van der Waals surface area (Å²) in [4.78, 5) is 10.9. The molecule has 1 saturated heterocycles. The van der Waals surface area contributed by atoms with Crippen molar-refractivity contribution in [3.63, 3.8) is 0 Å². The quantitative estimate of drug-likeness (QED) is 0.763. The Labute approximate surface area is 101 Å². The van der Waals surface area contributed by atoms with Gasteiger partial charge in [0.1, 0.15) is 0 Å². The van der Waals surface area contributed by atoms with E-state index in [1.165, 1.54) is 11.3 Å². The number of nitrogens with zero attached hydrogens (tertiary/aromatic N) is 4. The normalized spacial score (nSPS) is 18.4. The van der Waals surface area contributed by atoms with E-state index in [2.05, 4.69) is 14.9 Å². The zero-order chi connectivity index (χ0) is 10.7. The molecule has 0 radical (unpaired) electrons. The lowest BCUT2D eigenvalue weighted by Crippen LogP contribution is -2.23. The molecule has 1 fully saturated rings. The van der Waals surface area contributed by atoms with Gasteiger partial charge in [0.25, 0.3) is 0 Å². The standard InChI is InChI=1S/C8H7ClN4S2/c9-7-11-3-6(15-7)4-13-1-2-14-8(13)12-5-10/h3H,1-2,4H2. The summed E-state index contributed by atoms with van der Waals surface area (Å²) in [7, 11) is 0. The van der Waals surface area contributed by atoms with Crippen molar-refractivity contribution in [2.75, 3.05) is 12.3 Å². The molecule has 0 aromatic carbocycles. The van der Waals surface area contributed by atoms with E-state index in [0.29, 0.717) is 4.47 Å². The molecule has 1 aliphatic rings. The number of thiazole rings is 1. The first-order valence-electron chi connectivity index (χ1n) is 4.24. The smallest absolute Gasteiger partial charge is 0.208 e. The first-order valence-corrected chi connectivity index (χ1v) is 6.42. The third-order valence-electron chi connectivity index (χ3n) is 1.88. The molecule has 1 aromatic rings. The number of hydrogen-bond acceptors (Lipinski definition) is 5. The van der Waals surface area contributed by atoms with Gasteiger partial charge >= 0.3 is 0 Å². The summed E-state index contributed by atoms with van der Waals surface area (Å²) in [5.74, 6) is 0.979.